The number of nitro groups is 1. The van der Waals surface area contributed by atoms with Crippen molar-refractivity contribution in [2.45, 2.75) is 142 Å². The number of ketones is 1. The third kappa shape index (κ3) is 8.80. The van der Waals surface area contributed by atoms with Crippen molar-refractivity contribution in [2.24, 2.45) is 39.8 Å². The first-order valence-corrected chi connectivity index (χ1v) is 17.7. The monoisotopic (exact) mass is 676 g/mol. The molecule has 48 heavy (non-hydrogen) atoms. The topological polar surface area (TPSA) is 188 Å². The van der Waals surface area contributed by atoms with Crippen LogP contribution in [0.5, 0.6) is 0 Å². The number of carbonyl (C=O) groups is 3. The van der Waals surface area contributed by atoms with E-state index in [1.54, 1.807) is 20.8 Å². The molecule has 2 bridgehead atoms. The minimum Gasteiger partial charge on any atom is -0.444 e. The Morgan fingerprint density at radius 2 is 1.90 bits per heavy atom. The number of hydrogen-bond donors (Lipinski definition) is 3. The Hall–Kier alpha value is -2.94. The van der Waals surface area contributed by atoms with E-state index < -0.39 is 47.3 Å². The molecule has 2 amide bonds. The van der Waals surface area contributed by atoms with Gasteiger partial charge in [0.25, 0.3) is 5.96 Å². The minimum absolute atomic E-state index is 0.0375. The van der Waals surface area contributed by atoms with Crippen LogP contribution in [0.15, 0.2) is 4.99 Å². The van der Waals surface area contributed by atoms with Gasteiger partial charge in [0.15, 0.2) is 10.8 Å². The Kier molecular flexibility index (Phi) is 11.8. The fourth-order valence-corrected chi connectivity index (χ4v) is 8.29. The smallest absolute Gasteiger partial charge is 0.444 e. The minimum atomic E-state index is -0.794. The number of carbonyl (C=O) groups excluding carboxylic acids is 3. The highest BCUT2D eigenvalue weighted by atomic mass is 16.7. The van der Waals surface area contributed by atoms with Gasteiger partial charge in [0.1, 0.15) is 5.60 Å². The Labute approximate surface area is 285 Å². The molecular formula is C33H57BN6O8. The molecule has 2 heterocycles. The Morgan fingerprint density at radius 3 is 2.52 bits per heavy atom. The number of nitrogens with one attached hydrogen (secondary N) is 2. The van der Waals surface area contributed by atoms with E-state index in [0.717, 1.165) is 25.7 Å². The lowest BCUT2D eigenvalue weighted by Gasteiger charge is -2.64. The van der Waals surface area contributed by atoms with Crippen LogP contribution in [0.1, 0.15) is 113 Å². The predicted octanol–water partition coefficient (Wildman–Crippen LogP) is 4.03. The summed E-state index contributed by atoms with van der Waals surface area (Å²) in [6, 6.07) is -0.687. The second-order valence-electron chi connectivity index (χ2n) is 16.4. The van der Waals surface area contributed by atoms with Gasteiger partial charge >= 0.3 is 13.2 Å². The van der Waals surface area contributed by atoms with E-state index >= 15 is 0 Å². The highest BCUT2D eigenvalue weighted by molar-refractivity contribution is 6.47. The number of piperidine rings is 1. The first kappa shape index (κ1) is 37.9. The third-order valence-electron chi connectivity index (χ3n) is 10.9. The number of likely N-dealkylation sites (tertiary alicyclic amines) is 1. The van der Waals surface area contributed by atoms with Crippen molar-refractivity contribution >= 4 is 30.9 Å². The number of nitrogens with zero attached hydrogens (tertiary/aromatic N) is 3. The van der Waals surface area contributed by atoms with E-state index in [1.165, 1.54) is 4.90 Å². The molecule has 5 aliphatic rings. The maximum atomic E-state index is 14.1. The summed E-state index contributed by atoms with van der Waals surface area (Å²) in [4.78, 5) is 57.2. The van der Waals surface area contributed by atoms with Crippen LogP contribution in [0.25, 0.3) is 0 Å². The first-order chi connectivity index (χ1) is 22.3. The summed E-state index contributed by atoms with van der Waals surface area (Å²) in [5, 5.41) is 13.1. The van der Waals surface area contributed by atoms with Gasteiger partial charge in [-0.15, -0.1) is 0 Å². The van der Waals surface area contributed by atoms with Crippen LogP contribution in [0.2, 0.25) is 0 Å². The summed E-state index contributed by atoms with van der Waals surface area (Å²) in [6.45, 7) is 16.8. The molecule has 2 aliphatic heterocycles. The molecule has 5 fully saturated rings. The van der Waals surface area contributed by atoms with Crippen molar-refractivity contribution in [3.8, 4) is 0 Å². The summed E-state index contributed by atoms with van der Waals surface area (Å²) in [5.74, 6) is -0.799. The first-order valence-electron chi connectivity index (χ1n) is 17.7. The molecule has 14 nitrogen and oxygen atoms in total. The number of hydrazine groups is 1. The molecule has 3 saturated carbocycles. The number of hydrogen-bond acceptors (Lipinski definition) is 9. The van der Waals surface area contributed by atoms with Crippen molar-refractivity contribution in [1.82, 2.24) is 15.6 Å². The summed E-state index contributed by atoms with van der Waals surface area (Å²) in [5.41, 5.74) is 6.42. The summed E-state index contributed by atoms with van der Waals surface area (Å²) >= 11 is 0. The maximum absolute atomic E-state index is 14.1. The van der Waals surface area contributed by atoms with Gasteiger partial charge in [-0.1, -0.05) is 33.1 Å². The Morgan fingerprint density at radius 1 is 1.19 bits per heavy atom. The fourth-order valence-electron chi connectivity index (χ4n) is 8.29. The van der Waals surface area contributed by atoms with Crippen LogP contribution in [0.3, 0.4) is 0 Å². The number of guanidine groups is 1. The summed E-state index contributed by atoms with van der Waals surface area (Å²) < 4.78 is 18.9. The Balaban J connectivity index is 1.50. The fraction of sp³-hybridized carbons (Fsp3) is 0.879. The van der Waals surface area contributed by atoms with Crippen LogP contribution in [-0.2, 0) is 23.6 Å². The second kappa shape index (κ2) is 14.9. The SMILES string of the molecule is CC(C)C[C@H](NC(=O)[C@H](CCCN=C(N)N[N+](=O)[O-])CC(=O)[C@@H]1CCCCN1C(=O)OC(C)(C)C)B1O[C@@H]2C[C@H]3C[C@H](C3(C)C)[C@]2(C)O1. The summed E-state index contributed by atoms with van der Waals surface area (Å²) in [6.07, 6.45) is 4.71. The number of aliphatic imine (C=N–C) groups is 1. The Bertz CT molecular complexity index is 1240. The van der Waals surface area contributed by atoms with Crippen LogP contribution in [0, 0.1) is 39.2 Å². The lowest BCUT2D eigenvalue weighted by atomic mass is 9.43. The molecule has 0 radical (unpaired) electrons. The number of Topliss-reactive ketones (excluding diaryl/α,β-unsaturated/α-hetero) is 1. The zero-order chi connectivity index (χ0) is 35.6. The number of nitrogens with two attached hydrogens (primary N) is 1. The van der Waals surface area contributed by atoms with E-state index in [1.807, 2.05) is 5.43 Å². The standard InChI is InChI=1S/C33H57BN6O8/c1-20(2)16-27(34-47-26-19-22-18-25(32(22,6)7)33(26,8)48-34)37-28(42)21(12-11-14-36-29(35)38-40(44)45)17-24(41)23-13-9-10-15-39(23)30(43)46-31(3,4)5/h20-23,25-27H,9-19H2,1-8H3,(H,37,42)(H3,35,36,38)/t21-,22-,23+,25-,26-,27+,33+/m1/s1. The lowest BCUT2D eigenvalue weighted by molar-refractivity contribution is -0.525. The van der Waals surface area contributed by atoms with Gasteiger partial charge in [0.05, 0.1) is 23.7 Å². The highest BCUT2D eigenvalue weighted by Crippen LogP contribution is 2.65. The number of ether oxygens (including phenoxy) is 1. The van der Waals surface area contributed by atoms with E-state index in [-0.39, 0.29) is 54.5 Å². The molecule has 0 spiro atoms. The molecular weight excluding hydrogens is 619 g/mol. The number of amides is 2. The largest absolute Gasteiger partial charge is 0.481 e. The van der Waals surface area contributed by atoms with Crippen molar-refractivity contribution in [3.63, 3.8) is 0 Å². The van der Waals surface area contributed by atoms with E-state index in [0.29, 0.717) is 37.6 Å². The van der Waals surface area contributed by atoms with Gasteiger partial charge in [-0.05, 0) is 102 Å². The van der Waals surface area contributed by atoms with Gasteiger partial charge < -0.3 is 25.1 Å². The number of rotatable bonds is 13. The van der Waals surface area contributed by atoms with Crippen LogP contribution in [-0.4, -0.2) is 83.2 Å². The normalized spacial score (nSPS) is 29.4. The molecule has 7 atom stereocenters. The van der Waals surface area contributed by atoms with E-state index in [9.17, 15) is 24.5 Å². The quantitative estimate of drug-likeness (QED) is 0.0642. The van der Waals surface area contributed by atoms with Gasteiger partial charge in [0, 0.05) is 25.4 Å². The highest BCUT2D eigenvalue weighted by Gasteiger charge is 2.68. The average molecular weight is 677 g/mol. The van der Waals surface area contributed by atoms with Gasteiger partial charge in [-0.2, -0.15) is 0 Å². The molecule has 0 aromatic carbocycles. The average Bonchev–Trinajstić information content (AvgIpc) is 3.34. The van der Waals surface area contributed by atoms with Crippen molar-refractivity contribution in [2.75, 3.05) is 13.1 Å². The van der Waals surface area contributed by atoms with Gasteiger partial charge in [0.2, 0.25) is 5.91 Å². The maximum Gasteiger partial charge on any atom is 0.481 e. The van der Waals surface area contributed by atoms with E-state index in [4.69, 9.17) is 19.8 Å². The lowest BCUT2D eigenvalue weighted by Crippen LogP contribution is -2.65. The molecule has 2 saturated heterocycles. The van der Waals surface area contributed by atoms with Crippen molar-refractivity contribution in [1.29, 1.82) is 0 Å². The van der Waals surface area contributed by atoms with Gasteiger partial charge in [-0.3, -0.25) is 14.5 Å². The molecule has 15 heteroatoms. The molecule has 0 unspecified atom stereocenters. The predicted molar refractivity (Wildman–Crippen MR) is 181 cm³/mol. The molecule has 270 valence electrons. The zero-order valence-electron chi connectivity index (χ0n) is 30.1. The van der Waals surface area contributed by atoms with Gasteiger partial charge in [-0.25, -0.2) is 19.9 Å². The second-order valence-corrected chi connectivity index (χ2v) is 16.4. The van der Waals surface area contributed by atoms with E-state index in [2.05, 4.69) is 44.9 Å². The van der Waals surface area contributed by atoms with Crippen molar-refractivity contribution < 1.29 is 33.5 Å². The third-order valence-corrected chi connectivity index (χ3v) is 10.9. The molecule has 0 aromatic heterocycles. The summed E-state index contributed by atoms with van der Waals surface area (Å²) in [7, 11) is -0.614. The van der Waals surface area contributed by atoms with Crippen molar-refractivity contribution in [3.05, 3.63) is 10.1 Å². The zero-order valence-corrected chi connectivity index (χ0v) is 30.1. The molecule has 3 aliphatic carbocycles. The van der Waals surface area contributed by atoms with Crippen LogP contribution < -0.4 is 16.5 Å². The van der Waals surface area contributed by atoms with Crippen LogP contribution >= 0.6 is 0 Å². The molecule has 0 aromatic rings. The van der Waals surface area contributed by atoms with Crippen LogP contribution in [0.4, 0.5) is 4.79 Å². The molecule has 4 N–H and O–H groups in total. The molecule has 5 rings (SSSR count).